The van der Waals surface area contributed by atoms with Gasteiger partial charge in [-0.25, -0.2) is 11.3 Å². The predicted molar refractivity (Wildman–Crippen MR) is 81.1 cm³/mol. The van der Waals surface area contributed by atoms with Crippen LogP contribution in [-0.2, 0) is 21.1 Å². The third-order valence-corrected chi connectivity index (χ3v) is 3.99. The van der Waals surface area contributed by atoms with Crippen molar-refractivity contribution in [2.24, 2.45) is 0 Å². The molecule has 0 bridgehead atoms. The summed E-state index contributed by atoms with van der Waals surface area (Å²) in [6.07, 6.45) is 8.73. The fourth-order valence-electron chi connectivity index (χ4n) is 1.52. The Morgan fingerprint density at radius 3 is 2.33 bits per heavy atom. The summed E-state index contributed by atoms with van der Waals surface area (Å²) in [5.74, 6) is 0. The zero-order chi connectivity index (χ0) is 9.97. The van der Waals surface area contributed by atoms with Crippen LogP contribution in [0.25, 0.3) is 0 Å². The van der Waals surface area contributed by atoms with Gasteiger partial charge in [0.2, 0.25) is 0 Å². The van der Waals surface area contributed by atoms with Crippen molar-refractivity contribution in [2.75, 3.05) is 0 Å². The largest absolute Gasteiger partial charge is 4.00 e. The van der Waals surface area contributed by atoms with E-state index >= 15 is 0 Å². The maximum atomic E-state index is 3.37. The van der Waals surface area contributed by atoms with Crippen LogP contribution in [0.1, 0.15) is 17.5 Å². The van der Waals surface area contributed by atoms with Crippen molar-refractivity contribution in [1.82, 2.24) is 0 Å². The standard InChI is InChI=1S/C13H13Si.3CH3.Pt/c1-10-6-5-9-13(11(10)2)14-12-7-3-4-8-12;;;;/h3,5-7,9H,4H2,1-2H3;3*1H3;/q4*-1;+4. The van der Waals surface area contributed by atoms with Gasteiger partial charge in [0.1, 0.15) is 0 Å². The van der Waals surface area contributed by atoms with E-state index in [-0.39, 0.29) is 43.3 Å². The molecule has 0 aliphatic heterocycles. The summed E-state index contributed by atoms with van der Waals surface area (Å²) in [5.41, 5.74) is 2.82. The van der Waals surface area contributed by atoms with Crippen LogP contribution in [0, 0.1) is 42.2 Å². The fourth-order valence-corrected chi connectivity index (χ4v) is 2.77. The molecule has 1 aliphatic rings. The van der Waals surface area contributed by atoms with E-state index < -0.39 is 0 Å². The van der Waals surface area contributed by atoms with Crippen LogP contribution in [0.2, 0.25) is 0 Å². The monoisotopic (exact) mass is 437 g/mol. The Morgan fingerprint density at radius 1 is 1.11 bits per heavy atom. The second-order valence-corrected chi connectivity index (χ2v) is 4.90. The SMILES string of the molecule is Cc1cccc([Si]C2=[C-]CC=C2)c1C.[CH3-].[CH3-].[CH3-].[Pt+4]. The molecule has 2 rings (SSSR count). The Hall–Kier alpha value is -0.395. The Kier molecular flexibility index (Phi) is 13.3. The molecule has 0 fully saturated rings. The van der Waals surface area contributed by atoms with Crippen molar-refractivity contribution in [3.8, 4) is 0 Å². The van der Waals surface area contributed by atoms with E-state index in [1.54, 1.807) is 0 Å². The molecule has 0 saturated heterocycles. The zero-order valence-electron chi connectivity index (χ0n) is 11.9. The van der Waals surface area contributed by atoms with Gasteiger partial charge in [0.15, 0.2) is 0 Å². The molecular formula is C16H22PtSi. The second kappa shape index (κ2) is 10.5. The number of aryl methyl sites for hydroxylation is 1. The topological polar surface area (TPSA) is 0 Å². The molecule has 2 heteroatoms. The molecule has 0 unspecified atom stereocenters. The summed E-state index contributed by atoms with van der Waals surface area (Å²) in [4.78, 5) is 0. The van der Waals surface area contributed by atoms with Crippen LogP contribution in [0.5, 0.6) is 0 Å². The van der Waals surface area contributed by atoms with Gasteiger partial charge in [-0.05, 0) is 25.0 Å². The van der Waals surface area contributed by atoms with Crippen molar-refractivity contribution in [3.63, 3.8) is 0 Å². The van der Waals surface area contributed by atoms with Gasteiger partial charge in [0.25, 0.3) is 0 Å². The van der Waals surface area contributed by atoms with Crippen LogP contribution < -0.4 is 5.19 Å². The molecule has 0 N–H and O–H groups in total. The van der Waals surface area contributed by atoms with Gasteiger partial charge < -0.3 is 22.3 Å². The van der Waals surface area contributed by atoms with Gasteiger partial charge in [0, 0.05) is 0 Å². The first-order valence-electron chi connectivity index (χ1n) is 4.88. The van der Waals surface area contributed by atoms with Crippen molar-refractivity contribution < 1.29 is 21.1 Å². The minimum atomic E-state index is 0. The van der Waals surface area contributed by atoms with E-state index in [9.17, 15) is 0 Å². The van der Waals surface area contributed by atoms with Gasteiger partial charge in [-0.15, -0.1) is 6.42 Å². The van der Waals surface area contributed by atoms with Gasteiger partial charge >= 0.3 is 21.1 Å². The molecule has 100 valence electrons. The number of hydrogen-bond donors (Lipinski definition) is 0. The molecule has 0 amide bonds. The van der Waals surface area contributed by atoms with Gasteiger partial charge in [-0.1, -0.05) is 23.4 Å². The minimum absolute atomic E-state index is 0. The molecule has 1 aromatic rings. The molecule has 0 aromatic heterocycles. The third kappa shape index (κ3) is 5.50. The van der Waals surface area contributed by atoms with E-state index in [0.29, 0.717) is 0 Å². The third-order valence-electron chi connectivity index (χ3n) is 2.57. The van der Waals surface area contributed by atoms with E-state index in [1.165, 1.54) is 21.5 Å². The normalized spacial score (nSPS) is 11.3. The fraction of sp³-hybridized carbons (Fsp3) is 0.188. The van der Waals surface area contributed by atoms with Crippen molar-refractivity contribution in [2.45, 2.75) is 20.3 Å². The molecule has 1 aliphatic carbocycles. The Balaban J connectivity index is -0.000000562. The smallest absolute Gasteiger partial charge is 0.358 e. The molecule has 0 nitrogen and oxygen atoms in total. The summed E-state index contributed by atoms with van der Waals surface area (Å²) in [7, 11) is 0.772. The van der Waals surface area contributed by atoms with E-state index in [4.69, 9.17) is 0 Å². The number of hydrogen-bond acceptors (Lipinski definition) is 0. The first-order valence-corrected chi connectivity index (χ1v) is 5.88. The molecule has 0 saturated carbocycles. The molecule has 2 radical (unpaired) electrons. The maximum absolute atomic E-state index is 3.37. The Bertz CT molecular complexity index is 406. The molecule has 18 heavy (non-hydrogen) atoms. The quantitative estimate of drug-likeness (QED) is 0.490. The minimum Gasteiger partial charge on any atom is -0.358 e. The van der Waals surface area contributed by atoms with E-state index in [1.807, 2.05) is 0 Å². The molecule has 0 spiro atoms. The first-order chi connectivity index (χ1) is 6.77. The predicted octanol–water partition coefficient (Wildman–Crippen LogP) is 3.63. The van der Waals surface area contributed by atoms with Gasteiger partial charge in [0.05, 0.1) is 9.52 Å². The summed E-state index contributed by atoms with van der Waals surface area (Å²) in [5, 5.41) is 2.82. The summed E-state index contributed by atoms with van der Waals surface area (Å²) >= 11 is 0. The molecule has 0 heterocycles. The van der Waals surface area contributed by atoms with Crippen LogP contribution in [-0.4, -0.2) is 9.52 Å². The average Bonchev–Trinajstić information content (AvgIpc) is 2.66. The summed E-state index contributed by atoms with van der Waals surface area (Å²) < 4.78 is 0. The maximum Gasteiger partial charge on any atom is 4.00 e. The number of allylic oxidation sites excluding steroid dienone is 4. The molecule has 0 atom stereocenters. The van der Waals surface area contributed by atoms with Crippen molar-refractivity contribution >= 4 is 14.7 Å². The summed E-state index contributed by atoms with van der Waals surface area (Å²) in [6.45, 7) is 4.38. The van der Waals surface area contributed by atoms with Crippen molar-refractivity contribution in [1.29, 1.82) is 0 Å². The van der Waals surface area contributed by atoms with Gasteiger partial charge in [-0.3, -0.25) is 6.08 Å². The van der Waals surface area contributed by atoms with Crippen LogP contribution >= 0.6 is 0 Å². The average molecular weight is 438 g/mol. The molecular weight excluding hydrogens is 415 g/mol. The van der Waals surface area contributed by atoms with Crippen LogP contribution in [0.3, 0.4) is 0 Å². The Morgan fingerprint density at radius 2 is 1.78 bits per heavy atom. The number of rotatable bonds is 2. The van der Waals surface area contributed by atoms with Crippen LogP contribution in [0.15, 0.2) is 35.5 Å². The first kappa shape index (κ1) is 22.8. The summed E-state index contributed by atoms with van der Waals surface area (Å²) in [6, 6.07) is 6.54. The van der Waals surface area contributed by atoms with Crippen LogP contribution in [0.4, 0.5) is 0 Å². The van der Waals surface area contributed by atoms with E-state index in [0.717, 1.165) is 15.9 Å². The van der Waals surface area contributed by atoms with Crippen molar-refractivity contribution in [3.05, 3.63) is 75.0 Å². The molecule has 1 aromatic carbocycles. The van der Waals surface area contributed by atoms with Gasteiger partial charge in [-0.2, -0.15) is 6.08 Å². The second-order valence-electron chi connectivity index (χ2n) is 3.57. The number of benzene rings is 1. The van der Waals surface area contributed by atoms with E-state index in [2.05, 4.69) is 50.3 Å². The Labute approximate surface area is 131 Å². The zero-order valence-corrected chi connectivity index (χ0v) is 15.2.